The van der Waals surface area contributed by atoms with Gasteiger partial charge in [0, 0.05) is 13.1 Å². The molecule has 8 heavy (non-hydrogen) atoms. The minimum atomic E-state index is -0.435. The van der Waals surface area contributed by atoms with Crippen LogP contribution in [0.4, 0.5) is 4.79 Å². The fourth-order valence-electron chi connectivity index (χ4n) is 0.246. The van der Waals surface area contributed by atoms with E-state index in [9.17, 15) is 4.79 Å². The molecule has 0 aliphatic rings. The lowest BCUT2D eigenvalue weighted by Gasteiger charge is -1.98. The highest BCUT2D eigenvalue weighted by molar-refractivity contribution is 5.66. The number of ether oxygens (including phenoxy) is 1. The summed E-state index contributed by atoms with van der Waals surface area (Å²) in [6, 6.07) is 0. The van der Waals surface area contributed by atoms with Crippen LogP contribution in [0.25, 0.3) is 0 Å². The van der Waals surface area contributed by atoms with Crippen molar-refractivity contribution in [1.29, 1.82) is 0 Å². The minimum Gasteiger partial charge on any atom is -0.453 e. The van der Waals surface area contributed by atoms with Gasteiger partial charge in [0.1, 0.15) is 0 Å². The van der Waals surface area contributed by atoms with E-state index in [4.69, 9.17) is 5.73 Å². The molecule has 0 aliphatic heterocycles. The summed E-state index contributed by atoms with van der Waals surface area (Å²) in [5, 5.41) is 2.40. The lowest BCUT2D eigenvalue weighted by Crippen LogP contribution is -2.28. The fourth-order valence-corrected chi connectivity index (χ4v) is 0.246. The fraction of sp³-hybridized carbons (Fsp3) is 0.750. The predicted octanol–water partition coefficient (Wildman–Crippen LogP) is -0.699. The smallest absolute Gasteiger partial charge is 0.406 e. The number of hydrogen-bond acceptors (Lipinski definition) is 3. The van der Waals surface area contributed by atoms with Gasteiger partial charge < -0.3 is 15.8 Å². The SMILES string of the molecule is COC(=O)NCCN. The maximum Gasteiger partial charge on any atom is 0.406 e. The standard InChI is InChI=1S/C4H10N2O2/c1-8-4(7)6-3-2-5/h2-3,5H2,1H3,(H,6,7). The molecule has 0 aromatic heterocycles. The number of nitrogens with two attached hydrogens (primary N) is 1. The molecule has 0 unspecified atom stereocenters. The van der Waals surface area contributed by atoms with E-state index < -0.39 is 6.09 Å². The summed E-state index contributed by atoms with van der Waals surface area (Å²) in [7, 11) is 1.31. The van der Waals surface area contributed by atoms with Gasteiger partial charge in [0.2, 0.25) is 0 Å². The van der Waals surface area contributed by atoms with E-state index in [2.05, 4.69) is 10.1 Å². The Morgan fingerprint density at radius 2 is 2.50 bits per heavy atom. The molecule has 0 rings (SSSR count). The van der Waals surface area contributed by atoms with Crippen LogP contribution in [0.3, 0.4) is 0 Å². The van der Waals surface area contributed by atoms with Crippen LogP contribution in [-0.2, 0) is 4.74 Å². The number of carbonyl (C=O) groups excluding carboxylic acids is 1. The van der Waals surface area contributed by atoms with Crippen molar-refractivity contribution in [3.05, 3.63) is 0 Å². The third-order valence-electron chi connectivity index (χ3n) is 0.599. The van der Waals surface area contributed by atoms with E-state index in [1.54, 1.807) is 0 Å². The van der Waals surface area contributed by atoms with Crippen LogP contribution < -0.4 is 11.1 Å². The highest BCUT2D eigenvalue weighted by Crippen LogP contribution is 1.66. The zero-order valence-corrected chi connectivity index (χ0v) is 4.81. The maximum absolute atomic E-state index is 10.2. The van der Waals surface area contributed by atoms with Gasteiger partial charge in [0.15, 0.2) is 0 Å². The number of carbonyl (C=O) groups is 1. The molecule has 0 bridgehead atoms. The maximum atomic E-state index is 10.2. The van der Waals surface area contributed by atoms with Gasteiger partial charge in [-0.05, 0) is 0 Å². The first-order chi connectivity index (χ1) is 3.81. The van der Waals surface area contributed by atoms with Crippen molar-refractivity contribution in [2.75, 3.05) is 20.2 Å². The molecule has 0 radical (unpaired) electrons. The Morgan fingerprint density at radius 1 is 1.88 bits per heavy atom. The largest absolute Gasteiger partial charge is 0.453 e. The topological polar surface area (TPSA) is 64.3 Å². The second kappa shape index (κ2) is 4.39. The molecule has 0 saturated carbocycles. The van der Waals surface area contributed by atoms with Crippen molar-refractivity contribution in [2.24, 2.45) is 5.73 Å². The summed E-state index contributed by atoms with van der Waals surface area (Å²) < 4.78 is 4.25. The van der Waals surface area contributed by atoms with Crippen molar-refractivity contribution < 1.29 is 9.53 Å². The molecule has 48 valence electrons. The van der Waals surface area contributed by atoms with E-state index in [-0.39, 0.29) is 0 Å². The molecule has 0 fully saturated rings. The molecule has 0 aliphatic carbocycles. The molecular weight excluding hydrogens is 108 g/mol. The molecular formula is C4H10N2O2. The predicted molar refractivity (Wildman–Crippen MR) is 29.5 cm³/mol. The monoisotopic (exact) mass is 118 g/mol. The first kappa shape index (κ1) is 7.23. The normalized spacial score (nSPS) is 8.25. The first-order valence-corrected chi connectivity index (χ1v) is 2.33. The van der Waals surface area contributed by atoms with Crippen LogP contribution in [0.5, 0.6) is 0 Å². The van der Waals surface area contributed by atoms with Gasteiger partial charge in [-0.15, -0.1) is 0 Å². The minimum absolute atomic E-state index is 0.435. The van der Waals surface area contributed by atoms with E-state index in [0.29, 0.717) is 13.1 Å². The van der Waals surface area contributed by atoms with Crippen molar-refractivity contribution >= 4 is 6.09 Å². The Morgan fingerprint density at radius 3 is 2.88 bits per heavy atom. The Balaban J connectivity index is 2.99. The summed E-state index contributed by atoms with van der Waals surface area (Å²) in [4.78, 5) is 10.2. The first-order valence-electron chi connectivity index (χ1n) is 2.33. The second-order valence-corrected chi connectivity index (χ2v) is 1.21. The van der Waals surface area contributed by atoms with Gasteiger partial charge in [0.25, 0.3) is 0 Å². The number of rotatable bonds is 2. The molecule has 0 spiro atoms. The van der Waals surface area contributed by atoms with Gasteiger partial charge in [-0.3, -0.25) is 0 Å². The molecule has 3 N–H and O–H groups in total. The van der Waals surface area contributed by atoms with E-state index in [1.165, 1.54) is 7.11 Å². The summed E-state index contributed by atoms with van der Waals surface area (Å²) in [5.41, 5.74) is 5.06. The highest BCUT2D eigenvalue weighted by atomic mass is 16.5. The number of nitrogens with one attached hydrogen (secondary N) is 1. The van der Waals surface area contributed by atoms with Gasteiger partial charge in [0.05, 0.1) is 7.11 Å². The number of alkyl carbamates (subject to hydrolysis) is 1. The zero-order valence-electron chi connectivity index (χ0n) is 4.81. The molecule has 0 aromatic carbocycles. The average molecular weight is 118 g/mol. The van der Waals surface area contributed by atoms with Crippen molar-refractivity contribution in [3.8, 4) is 0 Å². The van der Waals surface area contributed by atoms with Crippen LogP contribution in [0, 0.1) is 0 Å². The van der Waals surface area contributed by atoms with Gasteiger partial charge in [-0.2, -0.15) is 0 Å². The molecule has 4 heteroatoms. The molecule has 0 aromatic rings. The summed E-state index contributed by atoms with van der Waals surface area (Å²) >= 11 is 0. The van der Waals surface area contributed by atoms with Crippen molar-refractivity contribution in [1.82, 2.24) is 5.32 Å². The zero-order chi connectivity index (χ0) is 6.41. The Bertz CT molecular complexity index is 74.4. The third-order valence-corrected chi connectivity index (χ3v) is 0.599. The van der Waals surface area contributed by atoms with Crippen molar-refractivity contribution in [2.45, 2.75) is 0 Å². The van der Waals surface area contributed by atoms with E-state index >= 15 is 0 Å². The van der Waals surface area contributed by atoms with Crippen LogP contribution in [0.1, 0.15) is 0 Å². The van der Waals surface area contributed by atoms with Crippen LogP contribution in [-0.4, -0.2) is 26.3 Å². The molecule has 1 amide bonds. The number of amides is 1. The lowest BCUT2D eigenvalue weighted by atomic mass is 10.7. The summed E-state index contributed by atoms with van der Waals surface area (Å²) in [6.45, 7) is 0.905. The molecule has 0 saturated heterocycles. The van der Waals surface area contributed by atoms with Crippen LogP contribution >= 0.6 is 0 Å². The van der Waals surface area contributed by atoms with E-state index in [0.717, 1.165) is 0 Å². The van der Waals surface area contributed by atoms with Crippen LogP contribution in [0.2, 0.25) is 0 Å². The average Bonchev–Trinajstić information content (AvgIpc) is 1.83. The Labute approximate surface area is 48.0 Å². The number of methoxy groups -OCH3 is 1. The summed E-state index contributed by atoms with van der Waals surface area (Å²) in [6.07, 6.45) is -0.435. The van der Waals surface area contributed by atoms with Gasteiger partial charge >= 0.3 is 6.09 Å². The molecule has 0 heterocycles. The van der Waals surface area contributed by atoms with E-state index in [1.807, 2.05) is 0 Å². The summed E-state index contributed by atoms with van der Waals surface area (Å²) in [5.74, 6) is 0. The van der Waals surface area contributed by atoms with Crippen molar-refractivity contribution in [3.63, 3.8) is 0 Å². The second-order valence-electron chi connectivity index (χ2n) is 1.21. The third kappa shape index (κ3) is 3.42. The highest BCUT2D eigenvalue weighted by Gasteiger charge is 1.91. The lowest BCUT2D eigenvalue weighted by molar-refractivity contribution is 0.171. The molecule has 0 atom stereocenters. The number of hydrogen-bond donors (Lipinski definition) is 2. The Hall–Kier alpha value is -0.770. The molecule has 4 nitrogen and oxygen atoms in total. The van der Waals surface area contributed by atoms with Gasteiger partial charge in [-0.25, -0.2) is 4.79 Å². The Kier molecular flexibility index (Phi) is 3.97. The van der Waals surface area contributed by atoms with Crippen LogP contribution in [0.15, 0.2) is 0 Å². The quantitative estimate of drug-likeness (QED) is 0.504. The van der Waals surface area contributed by atoms with Gasteiger partial charge in [-0.1, -0.05) is 0 Å².